The van der Waals surface area contributed by atoms with Crippen LogP contribution < -0.4 is 5.56 Å². The number of nitrogens with zero attached hydrogens (tertiary/aromatic N) is 2. The van der Waals surface area contributed by atoms with Crippen molar-refractivity contribution in [3.05, 3.63) is 34.2 Å². The van der Waals surface area contributed by atoms with Crippen LogP contribution in [0.25, 0.3) is 0 Å². The molecule has 7 heteroatoms. The fourth-order valence-corrected chi connectivity index (χ4v) is 4.82. The second kappa shape index (κ2) is 5.11. The van der Waals surface area contributed by atoms with Crippen LogP contribution in [0.4, 0.5) is 0 Å². The Morgan fingerprint density at radius 2 is 1.95 bits per heavy atom. The van der Waals surface area contributed by atoms with Crippen molar-refractivity contribution >= 4 is 7.75 Å². The molecule has 0 amide bonds. The summed E-state index contributed by atoms with van der Waals surface area (Å²) in [6.45, 7) is 1.91. The largest absolute Gasteiger partial charge is 0.407 e. The van der Waals surface area contributed by atoms with Gasteiger partial charge in [-0.2, -0.15) is 0 Å². The van der Waals surface area contributed by atoms with E-state index in [1.807, 2.05) is 10.6 Å². The van der Waals surface area contributed by atoms with Crippen LogP contribution in [0.5, 0.6) is 0 Å². The molecule has 0 aromatic carbocycles. The predicted molar refractivity (Wildman–Crippen MR) is 74.7 cm³/mol. The van der Waals surface area contributed by atoms with Crippen LogP contribution in [-0.4, -0.2) is 36.5 Å². The van der Waals surface area contributed by atoms with E-state index in [-0.39, 0.29) is 11.5 Å². The van der Waals surface area contributed by atoms with Gasteiger partial charge >= 0.3 is 7.75 Å². The normalized spacial score (nSPS) is 26.3. The molecular weight excluding hydrogens is 279 g/mol. The smallest absolute Gasteiger partial charge is 0.312 e. The minimum absolute atomic E-state index is 0.0484. The quantitative estimate of drug-likeness (QED) is 0.794. The molecule has 0 aliphatic carbocycles. The summed E-state index contributed by atoms with van der Waals surface area (Å²) in [5.41, 5.74) is 1.07. The molecule has 110 valence electrons. The topological polar surface area (TPSA) is 60.8 Å². The van der Waals surface area contributed by atoms with Gasteiger partial charge in [-0.25, -0.2) is 9.24 Å². The number of aromatic nitrogens is 1. The van der Waals surface area contributed by atoms with Gasteiger partial charge in [0.25, 0.3) is 5.56 Å². The van der Waals surface area contributed by atoms with Crippen LogP contribution in [0.1, 0.15) is 18.0 Å². The molecule has 0 saturated carbocycles. The first-order chi connectivity index (χ1) is 9.57. The summed E-state index contributed by atoms with van der Waals surface area (Å²) in [4.78, 5) is 11.9. The molecule has 1 saturated heterocycles. The van der Waals surface area contributed by atoms with Crippen molar-refractivity contribution in [1.29, 1.82) is 0 Å². The number of pyridine rings is 1. The third kappa shape index (κ3) is 2.17. The Bertz CT molecular complexity index is 607. The van der Waals surface area contributed by atoms with E-state index in [1.165, 1.54) is 14.2 Å². The van der Waals surface area contributed by atoms with E-state index in [9.17, 15) is 9.36 Å². The summed E-state index contributed by atoms with van der Waals surface area (Å²) in [6.07, 6.45) is 1.02. The van der Waals surface area contributed by atoms with Gasteiger partial charge in [0.1, 0.15) is 0 Å². The van der Waals surface area contributed by atoms with Crippen molar-refractivity contribution in [2.75, 3.05) is 27.3 Å². The average molecular weight is 298 g/mol. The van der Waals surface area contributed by atoms with E-state index in [0.717, 1.165) is 12.1 Å². The minimum atomic E-state index is -3.19. The van der Waals surface area contributed by atoms with Crippen molar-refractivity contribution < 1.29 is 13.6 Å². The number of piperidine rings is 1. The monoisotopic (exact) mass is 298 g/mol. The number of hydrogen-bond acceptors (Lipinski definition) is 4. The molecule has 6 nitrogen and oxygen atoms in total. The molecule has 1 fully saturated rings. The van der Waals surface area contributed by atoms with Crippen LogP contribution in [0, 0.1) is 5.92 Å². The van der Waals surface area contributed by atoms with Gasteiger partial charge in [-0.1, -0.05) is 6.07 Å². The Morgan fingerprint density at radius 1 is 1.20 bits per heavy atom. The van der Waals surface area contributed by atoms with Gasteiger partial charge in [0.2, 0.25) is 0 Å². The maximum atomic E-state index is 12.5. The van der Waals surface area contributed by atoms with E-state index in [2.05, 4.69) is 0 Å². The second-order valence-electron chi connectivity index (χ2n) is 5.40. The third-order valence-corrected chi connectivity index (χ3v) is 6.21. The molecule has 1 aromatic heterocycles. The number of hydrogen-bond donors (Lipinski definition) is 0. The highest BCUT2D eigenvalue weighted by atomic mass is 31.2. The Morgan fingerprint density at radius 3 is 2.65 bits per heavy atom. The molecule has 0 radical (unpaired) electrons. The van der Waals surface area contributed by atoms with Crippen LogP contribution in [0.15, 0.2) is 23.0 Å². The van der Waals surface area contributed by atoms with Gasteiger partial charge in [-0.05, 0) is 18.4 Å². The maximum absolute atomic E-state index is 12.5. The third-order valence-electron chi connectivity index (χ3n) is 4.27. The van der Waals surface area contributed by atoms with Gasteiger partial charge in [0.05, 0.1) is 0 Å². The molecule has 2 aliphatic rings. The average Bonchev–Trinajstić information content (AvgIpc) is 2.47. The zero-order chi connectivity index (χ0) is 14.3. The van der Waals surface area contributed by atoms with E-state index < -0.39 is 7.75 Å². The number of fused-ring (bicyclic) bond motifs is 4. The van der Waals surface area contributed by atoms with Crippen molar-refractivity contribution in [2.24, 2.45) is 5.92 Å². The lowest BCUT2D eigenvalue weighted by atomic mass is 9.84. The number of rotatable bonds is 3. The molecule has 0 unspecified atom stereocenters. The summed E-state index contributed by atoms with van der Waals surface area (Å²) < 4.78 is 26.4. The summed E-state index contributed by atoms with van der Waals surface area (Å²) >= 11 is 0. The van der Waals surface area contributed by atoms with E-state index in [0.29, 0.717) is 25.6 Å². The standard InChI is InChI=1S/C13H19N2O4P/c1-18-20(17,19-2)14-7-10-6-11(9-14)12-4-3-5-13(16)15(12)8-10/h3-5,10-11H,6-9H2,1-2H3/t10-,11+/m1/s1. The molecule has 0 spiro atoms. The van der Waals surface area contributed by atoms with Gasteiger partial charge in [0.15, 0.2) is 0 Å². The van der Waals surface area contributed by atoms with Crippen LogP contribution in [0.2, 0.25) is 0 Å². The van der Waals surface area contributed by atoms with Gasteiger partial charge < -0.3 is 4.57 Å². The SMILES string of the molecule is COP(=O)(OC)N1C[C@H]2C[C@@H](C1)c1cccc(=O)n1C2. The summed E-state index contributed by atoms with van der Waals surface area (Å²) in [5.74, 6) is 0.509. The molecule has 2 atom stereocenters. The molecule has 20 heavy (non-hydrogen) atoms. The van der Waals surface area contributed by atoms with Crippen LogP contribution >= 0.6 is 7.75 Å². The Labute approximate surface area is 117 Å². The predicted octanol–water partition coefficient (Wildman–Crippen LogP) is 1.67. The lowest BCUT2D eigenvalue weighted by Gasteiger charge is -2.43. The molecular formula is C13H19N2O4P. The van der Waals surface area contributed by atoms with Crippen molar-refractivity contribution in [2.45, 2.75) is 18.9 Å². The van der Waals surface area contributed by atoms with Gasteiger partial charge in [-0.3, -0.25) is 13.8 Å². The Hall–Kier alpha value is -0.940. The van der Waals surface area contributed by atoms with Crippen molar-refractivity contribution in [3.63, 3.8) is 0 Å². The lowest BCUT2D eigenvalue weighted by Crippen LogP contribution is -2.46. The molecule has 2 aliphatic heterocycles. The highest BCUT2D eigenvalue weighted by Gasteiger charge is 2.42. The summed E-state index contributed by atoms with van der Waals surface area (Å²) in [6, 6.07) is 5.37. The van der Waals surface area contributed by atoms with Crippen molar-refractivity contribution in [1.82, 2.24) is 9.24 Å². The molecule has 3 rings (SSSR count). The Kier molecular flexibility index (Phi) is 3.58. The maximum Gasteiger partial charge on any atom is 0.407 e. The van der Waals surface area contributed by atoms with E-state index in [4.69, 9.17) is 9.05 Å². The second-order valence-corrected chi connectivity index (χ2v) is 7.64. The fraction of sp³-hybridized carbons (Fsp3) is 0.615. The molecule has 0 N–H and O–H groups in total. The lowest BCUT2D eigenvalue weighted by molar-refractivity contribution is 0.134. The minimum Gasteiger partial charge on any atom is -0.312 e. The van der Waals surface area contributed by atoms with E-state index in [1.54, 1.807) is 16.8 Å². The van der Waals surface area contributed by atoms with Gasteiger partial charge in [-0.15, -0.1) is 0 Å². The zero-order valence-electron chi connectivity index (χ0n) is 11.7. The Balaban J connectivity index is 1.95. The zero-order valence-corrected chi connectivity index (χ0v) is 12.6. The van der Waals surface area contributed by atoms with Crippen molar-refractivity contribution in [3.8, 4) is 0 Å². The highest BCUT2D eigenvalue weighted by Crippen LogP contribution is 2.54. The van der Waals surface area contributed by atoms with Crippen LogP contribution in [-0.2, 0) is 20.2 Å². The highest BCUT2D eigenvalue weighted by molar-refractivity contribution is 7.51. The molecule has 3 heterocycles. The molecule has 2 bridgehead atoms. The first-order valence-electron chi connectivity index (χ1n) is 6.74. The fourth-order valence-electron chi connectivity index (χ4n) is 3.38. The first-order valence-corrected chi connectivity index (χ1v) is 8.23. The summed E-state index contributed by atoms with van der Waals surface area (Å²) in [7, 11) is -0.369. The van der Waals surface area contributed by atoms with Gasteiger partial charge in [0, 0.05) is 51.5 Å². The molecule has 1 aromatic rings. The van der Waals surface area contributed by atoms with Crippen LogP contribution in [0.3, 0.4) is 0 Å². The summed E-state index contributed by atoms with van der Waals surface area (Å²) in [5, 5.41) is 0. The van der Waals surface area contributed by atoms with E-state index >= 15 is 0 Å². The first kappa shape index (κ1) is 14.0.